The average Bonchev–Trinajstić information content (AvgIpc) is 3.34. The number of hydrogen-bond acceptors (Lipinski definition) is 6. The first-order chi connectivity index (χ1) is 14.5. The molecule has 0 saturated heterocycles. The fourth-order valence-electron chi connectivity index (χ4n) is 3.61. The molecule has 1 atom stereocenters. The predicted octanol–water partition coefficient (Wildman–Crippen LogP) is 5.18. The number of amides is 1. The Morgan fingerprint density at radius 2 is 2.07 bits per heavy atom. The summed E-state index contributed by atoms with van der Waals surface area (Å²) >= 11 is 3.06. The molecule has 7 heteroatoms. The molecule has 1 unspecified atom stereocenters. The SMILES string of the molecule is Cc1ccccc1NC(=O)Cc1nc(COC(=O)c2csc3c2CCC(C)C3)cs1. The molecule has 1 aromatic carbocycles. The van der Waals surface area contributed by atoms with Crippen LogP contribution in [0, 0.1) is 12.8 Å². The molecule has 0 saturated carbocycles. The Kier molecular flexibility index (Phi) is 6.29. The zero-order valence-corrected chi connectivity index (χ0v) is 18.7. The number of ether oxygens (including phenoxy) is 1. The number of aryl methyl sites for hydroxylation is 1. The van der Waals surface area contributed by atoms with Gasteiger partial charge in [0.05, 0.1) is 17.7 Å². The number of nitrogens with zero attached hydrogens (tertiary/aromatic N) is 1. The van der Waals surface area contributed by atoms with E-state index in [0.717, 1.165) is 36.1 Å². The van der Waals surface area contributed by atoms with Crippen molar-refractivity contribution in [1.29, 1.82) is 0 Å². The number of anilines is 1. The number of esters is 1. The molecule has 4 rings (SSSR count). The van der Waals surface area contributed by atoms with Gasteiger partial charge < -0.3 is 10.1 Å². The molecule has 0 fully saturated rings. The first-order valence-corrected chi connectivity index (χ1v) is 11.8. The van der Waals surface area contributed by atoms with Gasteiger partial charge in [-0.15, -0.1) is 22.7 Å². The Morgan fingerprint density at radius 1 is 1.23 bits per heavy atom. The molecular weight excluding hydrogens is 416 g/mol. The van der Waals surface area contributed by atoms with Gasteiger partial charge in [0.1, 0.15) is 11.6 Å². The second kappa shape index (κ2) is 9.10. The van der Waals surface area contributed by atoms with Gasteiger partial charge in [0.25, 0.3) is 0 Å². The van der Waals surface area contributed by atoms with Crippen LogP contribution in [0.15, 0.2) is 35.0 Å². The highest BCUT2D eigenvalue weighted by molar-refractivity contribution is 7.10. The minimum absolute atomic E-state index is 0.110. The largest absolute Gasteiger partial charge is 0.456 e. The molecule has 30 heavy (non-hydrogen) atoms. The Labute approximate surface area is 184 Å². The minimum atomic E-state index is -0.283. The highest BCUT2D eigenvalue weighted by atomic mass is 32.1. The summed E-state index contributed by atoms with van der Waals surface area (Å²) < 4.78 is 5.51. The number of aromatic nitrogens is 1. The number of thiophene rings is 1. The normalized spacial score (nSPS) is 15.5. The molecule has 0 radical (unpaired) electrons. The molecule has 1 amide bonds. The predicted molar refractivity (Wildman–Crippen MR) is 120 cm³/mol. The van der Waals surface area contributed by atoms with Crippen LogP contribution in [0.2, 0.25) is 0 Å². The number of carbonyl (C=O) groups excluding carboxylic acids is 2. The third-order valence-electron chi connectivity index (χ3n) is 5.30. The number of benzene rings is 1. The van der Waals surface area contributed by atoms with Gasteiger partial charge in [-0.05, 0) is 49.3 Å². The fourth-order valence-corrected chi connectivity index (χ4v) is 5.62. The summed E-state index contributed by atoms with van der Waals surface area (Å²) in [6, 6.07) is 7.66. The van der Waals surface area contributed by atoms with Crippen molar-refractivity contribution in [3.63, 3.8) is 0 Å². The molecule has 5 nitrogen and oxygen atoms in total. The van der Waals surface area contributed by atoms with Gasteiger partial charge in [-0.2, -0.15) is 0 Å². The molecule has 1 aliphatic rings. The summed E-state index contributed by atoms with van der Waals surface area (Å²) in [6.45, 7) is 4.33. The number of thiazole rings is 1. The van der Waals surface area contributed by atoms with Crippen LogP contribution in [0.4, 0.5) is 5.69 Å². The summed E-state index contributed by atoms with van der Waals surface area (Å²) in [7, 11) is 0. The molecule has 3 aromatic rings. The van der Waals surface area contributed by atoms with E-state index < -0.39 is 0 Å². The molecule has 156 valence electrons. The van der Waals surface area contributed by atoms with Gasteiger partial charge in [0, 0.05) is 21.3 Å². The first kappa shape index (κ1) is 20.8. The zero-order chi connectivity index (χ0) is 21.1. The number of hydrogen-bond donors (Lipinski definition) is 1. The van der Waals surface area contributed by atoms with Crippen LogP contribution in [-0.4, -0.2) is 16.9 Å². The first-order valence-electron chi connectivity index (χ1n) is 10.0. The van der Waals surface area contributed by atoms with E-state index in [9.17, 15) is 9.59 Å². The Morgan fingerprint density at radius 3 is 2.90 bits per heavy atom. The third kappa shape index (κ3) is 4.79. The van der Waals surface area contributed by atoms with E-state index >= 15 is 0 Å². The van der Waals surface area contributed by atoms with Crippen LogP contribution >= 0.6 is 22.7 Å². The average molecular weight is 441 g/mol. The third-order valence-corrected chi connectivity index (χ3v) is 7.25. The molecule has 2 heterocycles. The number of rotatable bonds is 6. The van der Waals surface area contributed by atoms with Gasteiger partial charge in [-0.3, -0.25) is 4.79 Å². The lowest BCUT2D eigenvalue weighted by Gasteiger charge is -2.18. The molecule has 1 N–H and O–H groups in total. The smallest absolute Gasteiger partial charge is 0.339 e. The van der Waals surface area contributed by atoms with Crippen LogP contribution in [-0.2, 0) is 35.4 Å². The molecule has 0 bridgehead atoms. The summed E-state index contributed by atoms with van der Waals surface area (Å²) in [5.41, 5.74) is 4.36. The van der Waals surface area contributed by atoms with Gasteiger partial charge in [-0.25, -0.2) is 9.78 Å². The topological polar surface area (TPSA) is 68.3 Å². The van der Waals surface area contributed by atoms with Crippen LogP contribution in [0.3, 0.4) is 0 Å². The quantitative estimate of drug-likeness (QED) is 0.537. The zero-order valence-electron chi connectivity index (χ0n) is 17.1. The Hall–Kier alpha value is -2.51. The fraction of sp³-hybridized carbons (Fsp3) is 0.348. The van der Waals surface area contributed by atoms with Crippen molar-refractivity contribution >= 4 is 40.2 Å². The van der Waals surface area contributed by atoms with Crippen molar-refractivity contribution in [3.05, 3.63) is 67.3 Å². The van der Waals surface area contributed by atoms with Gasteiger partial charge in [-0.1, -0.05) is 25.1 Å². The summed E-state index contributed by atoms with van der Waals surface area (Å²) in [5, 5.41) is 7.38. The standard InChI is InChI=1S/C23H24N2O3S2/c1-14-7-8-17-18(13-29-20(17)9-14)23(27)28-11-16-12-30-22(24-16)10-21(26)25-19-6-4-3-5-15(19)2/h3-6,12-14H,7-11H2,1-2H3,(H,25,26). The molecule has 0 aliphatic heterocycles. The van der Waals surface area contributed by atoms with Crippen molar-refractivity contribution < 1.29 is 14.3 Å². The number of para-hydroxylation sites is 1. The second-order valence-electron chi connectivity index (χ2n) is 7.75. The summed E-state index contributed by atoms with van der Waals surface area (Å²) in [6.07, 6.45) is 3.31. The Balaban J connectivity index is 1.31. The van der Waals surface area contributed by atoms with Crippen LogP contribution < -0.4 is 5.32 Å². The highest BCUT2D eigenvalue weighted by Gasteiger charge is 2.24. The second-order valence-corrected chi connectivity index (χ2v) is 9.65. The number of carbonyl (C=O) groups is 2. The van der Waals surface area contributed by atoms with Crippen molar-refractivity contribution in [1.82, 2.24) is 4.98 Å². The lowest BCUT2D eigenvalue weighted by molar-refractivity contribution is -0.115. The lowest BCUT2D eigenvalue weighted by atomic mass is 9.88. The molecule has 2 aromatic heterocycles. The van der Waals surface area contributed by atoms with E-state index in [4.69, 9.17) is 4.74 Å². The van der Waals surface area contributed by atoms with E-state index in [1.807, 2.05) is 41.9 Å². The van der Waals surface area contributed by atoms with Crippen LogP contribution in [0.25, 0.3) is 0 Å². The monoisotopic (exact) mass is 440 g/mol. The van der Waals surface area contributed by atoms with E-state index in [2.05, 4.69) is 17.2 Å². The maximum Gasteiger partial charge on any atom is 0.339 e. The van der Waals surface area contributed by atoms with E-state index in [1.54, 1.807) is 11.3 Å². The van der Waals surface area contributed by atoms with E-state index in [0.29, 0.717) is 22.2 Å². The number of nitrogens with one attached hydrogen (secondary N) is 1. The van der Waals surface area contributed by atoms with Gasteiger partial charge in [0.15, 0.2) is 0 Å². The van der Waals surface area contributed by atoms with E-state index in [1.165, 1.54) is 16.2 Å². The molecular formula is C23H24N2O3S2. The maximum atomic E-state index is 12.5. The molecule has 1 aliphatic carbocycles. The summed E-state index contributed by atoms with van der Waals surface area (Å²) in [5.74, 6) is 0.284. The summed E-state index contributed by atoms with van der Waals surface area (Å²) in [4.78, 5) is 30.6. The van der Waals surface area contributed by atoms with Crippen molar-refractivity contribution in [2.45, 2.75) is 46.1 Å². The maximum absolute atomic E-state index is 12.5. The van der Waals surface area contributed by atoms with Crippen LogP contribution in [0.1, 0.15) is 50.4 Å². The highest BCUT2D eigenvalue weighted by Crippen LogP contribution is 2.33. The van der Waals surface area contributed by atoms with E-state index in [-0.39, 0.29) is 24.9 Å². The van der Waals surface area contributed by atoms with Gasteiger partial charge >= 0.3 is 5.97 Å². The van der Waals surface area contributed by atoms with Gasteiger partial charge in [0.2, 0.25) is 5.91 Å². The lowest BCUT2D eigenvalue weighted by Crippen LogP contribution is -2.15. The van der Waals surface area contributed by atoms with Crippen molar-refractivity contribution in [2.24, 2.45) is 5.92 Å². The molecule has 0 spiro atoms. The number of fused-ring (bicyclic) bond motifs is 1. The van der Waals surface area contributed by atoms with Crippen LogP contribution in [0.5, 0.6) is 0 Å². The Bertz CT molecular complexity index is 1070. The van der Waals surface area contributed by atoms with Crippen molar-refractivity contribution in [3.8, 4) is 0 Å². The van der Waals surface area contributed by atoms with Crippen molar-refractivity contribution in [2.75, 3.05) is 5.32 Å². The minimum Gasteiger partial charge on any atom is -0.456 e.